The molecule has 10 heteroatoms. The van der Waals surface area contributed by atoms with Crippen molar-refractivity contribution in [2.24, 2.45) is 5.41 Å². The minimum Gasteiger partial charge on any atom is -0.377 e. The number of rotatable bonds is 11. The molecular weight excluding hydrogens is 480 g/mol. The van der Waals surface area contributed by atoms with Crippen LogP contribution >= 0.6 is 0 Å². The van der Waals surface area contributed by atoms with Gasteiger partial charge < -0.3 is 14.2 Å². The van der Waals surface area contributed by atoms with E-state index >= 15 is 0 Å². The summed E-state index contributed by atoms with van der Waals surface area (Å²) >= 11 is 0. The fraction of sp³-hybridized carbons (Fsp3) is 0.519. The van der Waals surface area contributed by atoms with Gasteiger partial charge in [-0.3, -0.25) is 34.2 Å². The molecule has 1 atom stereocenters. The number of ketones is 1. The Hall–Kier alpha value is -3.39. The molecule has 10 nitrogen and oxygen atoms in total. The molecule has 198 valence electrons. The van der Waals surface area contributed by atoms with Crippen LogP contribution in [0.2, 0.25) is 0 Å². The van der Waals surface area contributed by atoms with Crippen molar-refractivity contribution in [1.29, 1.82) is 0 Å². The Morgan fingerprint density at radius 3 is 2.43 bits per heavy atom. The molecular formula is C27H32N2O8. The molecule has 1 fully saturated rings. The van der Waals surface area contributed by atoms with Crippen LogP contribution in [0.25, 0.3) is 0 Å². The van der Waals surface area contributed by atoms with Gasteiger partial charge >= 0.3 is 0 Å². The van der Waals surface area contributed by atoms with E-state index in [9.17, 15) is 24.0 Å². The van der Waals surface area contributed by atoms with E-state index in [2.05, 4.69) is 17.2 Å². The number of benzene rings is 1. The summed E-state index contributed by atoms with van der Waals surface area (Å²) in [6.45, 7) is 7.46. The third-order valence-corrected chi connectivity index (χ3v) is 5.60. The SMILES string of the molecule is CC(C)(C)CC(=O)COCCOCCOCC#Cc1cccc2c1C(=O)N(C1CCC(=O)NC1=O)C2=O. The second-order valence-electron chi connectivity index (χ2n) is 9.97. The second kappa shape index (κ2) is 12.7. The van der Waals surface area contributed by atoms with Gasteiger partial charge in [0.25, 0.3) is 11.8 Å². The lowest BCUT2D eigenvalue weighted by Gasteiger charge is -2.27. The predicted octanol–water partition coefficient (Wildman–Crippen LogP) is 1.49. The smallest absolute Gasteiger partial charge is 0.263 e. The van der Waals surface area contributed by atoms with Crippen LogP contribution in [0.4, 0.5) is 0 Å². The highest BCUT2D eigenvalue weighted by Crippen LogP contribution is 2.29. The quantitative estimate of drug-likeness (QED) is 0.268. The first-order chi connectivity index (χ1) is 17.6. The molecule has 0 aliphatic carbocycles. The van der Waals surface area contributed by atoms with E-state index in [1.807, 2.05) is 20.8 Å². The summed E-state index contributed by atoms with van der Waals surface area (Å²) in [5.74, 6) is 3.49. The van der Waals surface area contributed by atoms with Gasteiger partial charge in [-0.1, -0.05) is 38.7 Å². The number of fused-ring (bicyclic) bond motifs is 1. The van der Waals surface area contributed by atoms with Gasteiger partial charge in [-0.15, -0.1) is 0 Å². The molecule has 0 radical (unpaired) electrons. The molecule has 4 amide bonds. The number of carbonyl (C=O) groups excluding carboxylic acids is 5. The van der Waals surface area contributed by atoms with Crippen LogP contribution < -0.4 is 5.32 Å². The van der Waals surface area contributed by atoms with Crippen LogP contribution in [0, 0.1) is 17.3 Å². The lowest BCUT2D eigenvalue weighted by molar-refractivity contribution is -0.136. The Morgan fingerprint density at radius 2 is 1.73 bits per heavy atom. The molecule has 2 aliphatic heterocycles. The van der Waals surface area contributed by atoms with Crippen molar-refractivity contribution in [2.75, 3.05) is 39.6 Å². The van der Waals surface area contributed by atoms with Gasteiger partial charge in [0.05, 0.1) is 37.6 Å². The molecule has 0 spiro atoms. The van der Waals surface area contributed by atoms with E-state index in [4.69, 9.17) is 14.2 Å². The van der Waals surface area contributed by atoms with Gasteiger partial charge in [0, 0.05) is 18.4 Å². The summed E-state index contributed by atoms with van der Waals surface area (Å²) in [5.41, 5.74) is 0.636. The van der Waals surface area contributed by atoms with E-state index < -0.39 is 29.7 Å². The zero-order chi connectivity index (χ0) is 27.0. The Morgan fingerprint density at radius 1 is 1.03 bits per heavy atom. The van der Waals surface area contributed by atoms with E-state index in [1.165, 1.54) is 6.07 Å². The Balaban J connectivity index is 1.40. The van der Waals surface area contributed by atoms with E-state index in [0.29, 0.717) is 38.4 Å². The first-order valence-electron chi connectivity index (χ1n) is 12.2. The van der Waals surface area contributed by atoms with Crippen molar-refractivity contribution < 1.29 is 38.2 Å². The molecule has 2 heterocycles. The third-order valence-electron chi connectivity index (χ3n) is 5.60. The summed E-state index contributed by atoms with van der Waals surface area (Å²) in [5, 5.41) is 2.17. The van der Waals surface area contributed by atoms with Crippen molar-refractivity contribution in [3.63, 3.8) is 0 Å². The topological polar surface area (TPSA) is 128 Å². The highest BCUT2D eigenvalue weighted by molar-refractivity contribution is 6.24. The van der Waals surface area contributed by atoms with Gasteiger partial charge in [-0.2, -0.15) is 0 Å². The molecule has 2 aliphatic rings. The first kappa shape index (κ1) is 28.2. The number of amides is 4. The second-order valence-corrected chi connectivity index (χ2v) is 9.97. The third kappa shape index (κ3) is 7.79. The molecule has 3 rings (SSSR count). The minimum absolute atomic E-state index is 0.0547. The van der Waals surface area contributed by atoms with Crippen LogP contribution in [-0.4, -0.2) is 80.0 Å². The monoisotopic (exact) mass is 512 g/mol. The highest BCUT2D eigenvalue weighted by Gasteiger charge is 2.45. The average molecular weight is 513 g/mol. The van der Waals surface area contributed by atoms with Crippen molar-refractivity contribution in [2.45, 2.75) is 46.1 Å². The Bertz CT molecular complexity index is 1130. The van der Waals surface area contributed by atoms with Crippen LogP contribution in [0.3, 0.4) is 0 Å². The maximum Gasteiger partial charge on any atom is 0.263 e. The van der Waals surface area contributed by atoms with Gasteiger partial charge in [0.15, 0.2) is 5.78 Å². The van der Waals surface area contributed by atoms with Crippen LogP contribution in [0.5, 0.6) is 0 Å². The average Bonchev–Trinajstić information content (AvgIpc) is 3.07. The summed E-state index contributed by atoms with van der Waals surface area (Å²) in [4.78, 5) is 62.2. The number of piperidine rings is 1. The molecule has 0 aromatic heterocycles. The van der Waals surface area contributed by atoms with E-state index in [1.54, 1.807) is 12.1 Å². The summed E-state index contributed by atoms with van der Waals surface area (Å²) in [6.07, 6.45) is 0.618. The fourth-order valence-electron chi connectivity index (χ4n) is 4.04. The normalized spacial score (nSPS) is 17.4. The van der Waals surface area contributed by atoms with Gasteiger partial charge in [0.2, 0.25) is 11.8 Å². The predicted molar refractivity (Wildman–Crippen MR) is 132 cm³/mol. The number of Topliss-reactive ketones (excluding diaryl/α,β-unsaturated/α-hetero) is 1. The molecule has 1 saturated heterocycles. The van der Waals surface area contributed by atoms with Crippen molar-refractivity contribution in [3.05, 3.63) is 34.9 Å². The zero-order valence-electron chi connectivity index (χ0n) is 21.4. The maximum absolute atomic E-state index is 13.0. The Labute approximate surface area is 216 Å². The molecule has 0 bridgehead atoms. The van der Waals surface area contributed by atoms with Crippen LogP contribution in [0.1, 0.15) is 66.3 Å². The molecule has 1 unspecified atom stereocenters. The number of ether oxygens (including phenoxy) is 3. The zero-order valence-corrected chi connectivity index (χ0v) is 21.4. The minimum atomic E-state index is -1.02. The Kier molecular flexibility index (Phi) is 9.69. The number of hydrogen-bond donors (Lipinski definition) is 1. The van der Waals surface area contributed by atoms with Gasteiger partial charge in [-0.25, -0.2) is 0 Å². The fourth-order valence-corrected chi connectivity index (χ4v) is 4.04. The maximum atomic E-state index is 13.0. The standard InChI is InChI=1S/C27H32N2O8/c1-27(2,3)16-19(30)17-37-15-14-36-13-12-35-11-5-7-18-6-4-8-20-23(18)26(34)29(25(20)33)21-9-10-22(31)28-24(21)32/h4,6,8,21H,9-17H2,1-3H3,(H,28,31,32). The summed E-state index contributed by atoms with van der Waals surface area (Å²) in [7, 11) is 0. The first-order valence-corrected chi connectivity index (χ1v) is 12.2. The van der Waals surface area contributed by atoms with Crippen molar-refractivity contribution >= 4 is 29.4 Å². The molecule has 0 saturated carbocycles. The molecule has 1 aromatic rings. The molecule has 37 heavy (non-hydrogen) atoms. The van der Waals surface area contributed by atoms with Crippen molar-refractivity contribution in [1.82, 2.24) is 10.2 Å². The number of imide groups is 2. The highest BCUT2D eigenvalue weighted by atomic mass is 16.5. The number of nitrogens with one attached hydrogen (secondary N) is 1. The van der Waals surface area contributed by atoms with Crippen LogP contribution in [0.15, 0.2) is 18.2 Å². The van der Waals surface area contributed by atoms with E-state index in [-0.39, 0.29) is 48.4 Å². The molecule has 1 N–H and O–H groups in total. The van der Waals surface area contributed by atoms with Gasteiger partial charge in [0.1, 0.15) is 19.3 Å². The lowest BCUT2D eigenvalue weighted by atomic mass is 9.90. The number of hydrogen-bond acceptors (Lipinski definition) is 8. The molecule has 1 aromatic carbocycles. The van der Waals surface area contributed by atoms with Crippen molar-refractivity contribution in [3.8, 4) is 11.8 Å². The number of nitrogens with zero attached hydrogens (tertiary/aromatic N) is 1. The van der Waals surface area contributed by atoms with Gasteiger partial charge in [-0.05, 0) is 24.0 Å². The van der Waals surface area contributed by atoms with Crippen LogP contribution in [-0.2, 0) is 28.6 Å². The largest absolute Gasteiger partial charge is 0.377 e. The van der Waals surface area contributed by atoms with E-state index in [0.717, 1.165) is 4.90 Å². The number of carbonyl (C=O) groups is 5. The summed E-state index contributed by atoms with van der Waals surface area (Å²) < 4.78 is 16.1. The lowest BCUT2D eigenvalue weighted by Crippen LogP contribution is -2.54. The summed E-state index contributed by atoms with van der Waals surface area (Å²) in [6, 6.07) is 3.74.